The lowest BCUT2D eigenvalue weighted by Crippen LogP contribution is -2.61. The molecule has 0 bridgehead atoms. The summed E-state index contributed by atoms with van der Waals surface area (Å²) in [6.45, 7) is 5.13. The molecular formula is C16H28N2O2. The molecule has 0 aromatic carbocycles. The van der Waals surface area contributed by atoms with Gasteiger partial charge in [-0.2, -0.15) is 0 Å². The third-order valence-corrected chi connectivity index (χ3v) is 5.23. The molecule has 1 heterocycles. The van der Waals surface area contributed by atoms with Crippen molar-refractivity contribution in [2.75, 3.05) is 19.6 Å². The molecule has 2 saturated carbocycles. The normalized spacial score (nSPS) is 30.4. The van der Waals surface area contributed by atoms with Crippen LogP contribution in [0.1, 0.15) is 51.9 Å². The number of carboxylic acid groups (broad SMARTS) is 1. The van der Waals surface area contributed by atoms with E-state index in [1.807, 2.05) is 0 Å². The molecule has 0 radical (unpaired) electrons. The van der Waals surface area contributed by atoms with Gasteiger partial charge in [-0.15, -0.1) is 0 Å². The van der Waals surface area contributed by atoms with Crippen molar-refractivity contribution in [2.45, 2.75) is 63.5 Å². The molecule has 20 heavy (non-hydrogen) atoms. The Hall–Kier alpha value is -0.610. The lowest BCUT2D eigenvalue weighted by atomic mass is 9.92. The zero-order chi connectivity index (χ0) is 14.2. The molecule has 2 aliphatic carbocycles. The Labute approximate surface area is 121 Å². The number of carboxylic acids is 1. The van der Waals surface area contributed by atoms with Crippen LogP contribution < -0.4 is 5.32 Å². The third-order valence-electron chi connectivity index (χ3n) is 5.23. The van der Waals surface area contributed by atoms with E-state index in [1.54, 1.807) is 0 Å². The molecule has 2 unspecified atom stereocenters. The van der Waals surface area contributed by atoms with Crippen LogP contribution in [0, 0.1) is 11.8 Å². The number of hydrogen-bond donors (Lipinski definition) is 2. The van der Waals surface area contributed by atoms with Crippen LogP contribution in [-0.2, 0) is 4.79 Å². The summed E-state index contributed by atoms with van der Waals surface area (Å²) in [5.74, 6) is 0.517. The zero-order valence-corrected chi connectivity index (χ0v) is 12.6. The van der Waals surface area contributed by atoms with Gasteiger partial charge in [0.2, 0.25) is 0 Å². The van der Waals surface area contributed by atoms with Crippen molar-refractivity contribution in [3.8, 4) is 0 Å². The van der Waals surface area contributed by atoms with Crippen LogP contribution in [0.5, 0.6) is 0 Å². The molecule has 0 aromatic heterocycles. The maximum Gasteiger partial charge on any atom is 0.325 e. The molecule has 2 atom stereocenters. The Kier molecular flexibility index (Phi) is 4.04. The van der Waals surface area contributed by atoms with E-state index in [2.05, 4.69) is 17.1 Å². The number of aliphatic carboxylic acids is 1. The smallest absolute Gasteiger partial charge is 0.325 e. The number of nitrogens with zero attached hydrogens (tertiary/aromatic N) is 1. The van der Waals surface area contributed by atoms with Gasteiger partial charge >= 0.3 is 5.97 Å². The molecule has 4 heteroatoms. The molecule has 0 aromatic rings. The van der Waals surface area contributed by atoms with Crippen LogP contribution in [-0.4, -0.2) is 47.2 Å². The Morgan fingerprint density at radius 3 is 2.60 bits per heavy atom. The number of hydrogen-bond acceptors (Lipinski definition) is 3. The Bertz CT molecular complexity index is 365. The first-order chi connectivity index (χ1) is 9.64. The van der Waals surface area contributed by atoms with Gasteiger partial charge in [-0.25, -0.2) is 0 Å². The van der Waals surface area contributed by atoms with Crippen LogP contribution in [0.3, 0.4) is 0 Å². The van der Waals surface area contributed by atoms with Crippen molar-refractivity contribution in [3.63, 3.8) is 0 Å². The van der Waals surface area contributed by atoms with Crippen LogP contribution in [0.4, 0.5) is 0 Å². The van der Waals surface area contributed by atoms with Gasteiger partial charge in [-0.1, -0.05) is 13.3 Å². The highest BCUT2D eigenvalue weighted by atomic mass is 16.4. The standard InChI is InChI=1S/C16H28N2O2/c1-2-3-12-8-9-18(10-12)11-16(15(19)20,13-4-5-13)17-14-6-7-14/h12-14,17H,2-11H2,1H3,(H,19,20). The topological polar surface area (TPSA) is 52.6 Å². The molecule has 3 rings (SSSR count). The van der Waals surface area contributed by atoms with Crippen molar-refractivity contribution in [1.29, 1.82) is 0 Å². The molecule has 0 spiro atoms. The first-order valence-corrected chi connectivity index (χ1v) is 8.37. The van der Waals surface area contributed by atoms with E-state index in [0.717, 1.165) is 44.7 Å². The highest BCUT2D eigenvalue weighted by Gasteiger charge is 2.54. The number of rotatable bonds is 8. The molecule has 4 nitrogen and oxygen atoms in total. The van der Waals surface area contributed by atoms with E-state index >= 15 is 0 Å². The summed E-state index contributed by atoms with van der Waals surface area (Å²) < 4.78 is 0. The monoisotopic (exact) mass is 280 g/mol. The molecule has 114 valence electrons. The second-order valence-corrected chi connectivity index (χ2v) is 7.15. The summed E-state index contributed by atoms with van der Waals surface area (Å²) in [4.78, 5) is 14.4. The second kappa shape index (κ2) is 5.64. The van der Waals surface area contributed by atoms with Crippen molar-refractivity contribution >= 4 is 5.97 Å². The maximum atomic E-state index is 12.0. The summed E-state index contributed by atoms with van der Waals surface area (Å²) in [7, 11) is 0. The van der Waals surface area contributed by atoms with Gasteiger partial charge in [-0.05, 0) is 56.9 Å². The van der Waals surface area contributed by atoms with Crippen molar-refractivity contribution in [2.24, 2.45) is 11.8 Å². The number of likely N-dealkylation sites (tertiary alicyclic amines) is 1. The van der Waals surface area contributed by atoms with E-state index in [9.17, 15) is 9.90 Å². The fourth-order valence-electron chi connectivity index (χ4n) is 3.82. The molecular weight excluding hydrogens is 252 g/mol. The van der Waals surface area contributed by atoms with E-state index in [4.69, 9.17) is 0 Å². The minimum absolute atomic E-state index is 0.353. The van der Waals surface area contributed by atoms with Gasteiger partial charge in [0.05, 0.1) is 0 Å². The van der Waals surface area contributed by atoms with Gasteiger partial charge in [-0.3, -0.25) is 10.1 Å². The highest BCUT2D eigenvalue weighted by Crippen LogP contribution is 2.43. The lowest BCUT2D eigenvalue weighted by Gasteiger charge is -2.35. The first-order valence-electron chi connectivity index (χ1n) is 8.37. The van der Waals surface area contributed by atoms with Gasteiger partial charge in [0, 0.05) is 19.1 Å². The predicted octanol–water partition coefficient (Wildman–Crippen LogP) is 2.09. The third kappa shape index (κ3) is 3.01. The summed E-state index contributed by atoms with van der Waals surface area (Å²) in [5.41, 5.74) is -0.664. The average molecular weight is 280 g/mol. The first kappa shape index (κ1) is 14.3. The number of nitrogens with one attached hydrogen (secondary N) is 1. The molecule has 2 N–H and O–H groups in total. The van der Waals surface area contributed by atoms with Gasteiger partial charge in [0.1, 0.15) is 5.54 Å². The SMILES string of the molecule is CCCC1CCN(CC(NC2CC2)(C(=O)O)C2CC2)C1. The molecule has 1 aliphatic heterocycles. The summed E-state index contributed by atoms with van der Waals surface area (Å²) in [6, 6.07) is 0.459. The zero-order valence-electron chi connectivity index (χ0n) is 12.6. The molecule has 0 amide bonds. The maximum absolute atomic E-state index is 12.0. The van der Waals surface area contributed by atoms with Crippen LogP contribution in [0.25, 0.3) is 0 Å². The minimum Gasteiger partial charge on any atom is -0.480 e. The Morgan fingerprint density at radius 2 is 2.05 bits per heavy atom. The minimum atomic E-state index is -0.664. The fraction of sp³-hybridized carbons (Fsp3) is 0.938. The number of carbonyl (C=O) groups is 1. The van der Waals surface area contributed by atoms with Crippen LogP contribution in [0.2, 0.25) is 0 Å². The molecule has 1 saturated heterocycles. The second-order valence-electron chi connectivity index (χ2n) is 7.15. The largest absolute Gasteiger partial charge is 0.480 e. The molecule has 3 fully saturated rings. The molecule has 3 aliphatic rings. The highest BCUT2D eigenvalue weighted by molar-refractivity contribution is 5.80. The van der Waals surface area contributed by atoms with Crippen molar-refractivity contribution in [3.05, 3.63) is 0 Å². The summed E-state index contributed by atoms with van der Waals surface area (Å²) >= 11 is 0. The lowest BCUT2D eigenvalue weighted by molar-refractivity contribution is -0.147. The van der Waals surface area contributed by atoms with Crippen LogP contribution >= 0.6 is 0 Å². The van der Waals surface area contributed by atoms with Crippen LogP contribution in [0.15, 0.2) is 0 Å². The van der Waals surface area contributed by atoms with Crippen molar-refractivity contribution < 1.29 is 9.90 Å². The Morgan fingerprint density at radius 1 is 1.30 bits per heavy atom. The van der Waals surface area contributed by atoms with Gasteiger partial charge in [0.15, 0.2) is 0 Å². The fourth-order valence-corrected chi connectivity index (χ4v) is 3.82. The average Bonchev–Trinajstić information content (AvgIpc) is 3.30. The summed E-state index contributed by atoms with van der Waals surface area (Å²) in [5, 5.41) is 13.3. The van der Waals surface area contributed by atoms with E-state index in [1.165, 1.54) is 19.3 Å². The van der Waals surface area contributed by atoms with E-state index < -0.39 is 11.5 Å². The van der Waals surface area contributed by atoms with Crippen molar-refractivity contribution in [1.82, 2.24) is 10.2 Å². The van der Waals surface area contributed by atoms with Gasteiger partial charge < -0.3 is 10.0 Å². The predicted molar refractivity (Wildman–Crippen MR) is 78.7 cm³/mol. The van der Waals surface area contributed by atoms with E-state index in [-0.39, 0.29) is 0 Å². The van der Waals surface area contributed by atoms with E-state index in [0.29, 0.717) is 18.5 Å². The van der Waals surface area contributed by atoms with Gasteiger partial charge in [0.25, 0.3) is 0 Å². The quantitative estimate of drug-likeness (QED) is 0.715. The summed E-state index contributed by atoms with van der Waals surface area (Å²) in [6.07, 6.45) is 8.25. The Balaban J connectivity index is 1.65.